The first-order chi connectivity index (χ1) is 17.9. The summed E-state index contributed by atoms with van der Waals surface area (Å²) in [5.74, 6) is 0.700. The summed E-state index contributed by atoms with van der Waals surface area (Å²) >= 11 is 12.4. The number of carbonyl (C=O) groups excluding carboxylic acids is 1. The fourth-order valence-corrected chi connectivity index (χ4v) is 5.02. The fourth-order valence-electron chi connectivity index (χ4n) is 4.51. The highest BCUT2D eigenvalue weighted by Gasteiger charge is 2.22. The van der Waals surface area contributed by atoms with E-state index in [1.165, 1.54) is 17.8 Å². The Morgan fingerprint density at radius 3 is 2.54 bits per heavy atom. The van der Waals surface area contributed by atoms with Gasteiger partial charge in [0.1, 0.15) is 6.61 Å². The van der Waals surface area contributed by atoms with Crippen molar-refractivity contribution in [2.75, 3.05) is 31.9 Å². The van der Waals surface area contributed by atoms with E-state index in [4.69, 9.17) is 33.7 Å². The van der Waals surface area contributed by atoms with Crippen LogP contribution in [0.2, 0.25) is 10.0 Å². The lowest BCUT2D eigenvalue weighted by Gasteiger charge is -2.33. The molecule has 0 spiro atoms. The van der Waals surface area contributed by atoms with E-state index in [-0.39, 0.29) is 36.2 Å². The average Bonchev–Trinajstić information content (AvgIpc) is 2.89. The SMILES string of the molecule is Nc1ncc(C(=O)NCC(O)CN2CCC(Cc3ccccc3)CC2)cc1OCc1c(Cl)cccc1Cl. The van der Waals surface area contributed by atoms with E-state index >= 15 is 0 Å². The topological polar surface area (TPSA) is 101 Å². The number of aliphatic hydroxyl groups excluding tert-OH is 1. The number of rotatable bonds is 10. The molecule has 1 aromatic heterocycles. The molecule has 1 unspecified atom stereocenters. The van der Waals surface area contributed by atoms with Gasteiger partial charge in [0.2, 0.25) is 0 Å². The van der Waals surface area contributed by atoms with Gasteiger partial charge in [-0.15, -0.1) is 0 Å². The Bertz CT molecular complexity index is 1170. The van der Waals surface area contributed by atoms with Gasteiger partial charge in [0, 0.05) is 34.9 Å². The van der Waals surface area contributed by atoms with E-state index in [1.54, 1.807) is 18.2 Å². The van der Waals surface area contributed by atoms with Crippen LogP contribution in [0.3, 0.4) is 0 Å². The van der Waals surface area contributed by atoms with Crippen molar-refractivity contribution >= 4 is 34.9 Å². The summed E-state index contributed by atoms with van der Waals surface area (Å²) < 4.78 is 5.76. The van der Waals surface area contributed by atoms with Crippen LogP contribution in [0.4, 0.5) is 5.82 Å². The van der Waals surface area contributed by atoms with Crippen molar-refractivity contribution in [2.24, 2.45) is 5.92 Å². The molecule has 196 valence electrons. The first-order valence-corrected chi connectivity index (χ1v) is 13.2. The van der Waals surface area contributed by atoms with Crippen LogP contribution in [-0.2, 0) is 13.0 Å². The number of ether oxygens (including phenoxy) is 1. The molecule has 1 saturated heterocycles. The van der Waals surface area contributed by atoms with E-state index in [9.17, 15) is 9.90 Å². The Morgan fingerprint density at radius 1 is 1.14 bits per heavy atom. The van der Waals surface area contributed by atoms with Crippen molar-refractivity contribution in [3.8, 4) is 5.75 Å². The van der Waals surface area contributed by atoms with E-state index in [1.807, 2.05) is 6.07 Å². The number of hydrogen-bond acceptors (Lipinski definition) is 6. The minimum absolute atomic E-state index is 0.0796. The molecule has 1 aliphatic rings. The van der Waals surface area contributed by atoms with Crippen molar-refractivity contribution in [3.63, 3.8) is 0 Å². The Kier molecular flexibility index (Phi) is 9.63. The molecule has 0 saturated carbocycles. The number of benzene rings is 2. The molecule has 3 aromatic rings. The molecule has 0 bridgehead atoms. The maximum absolute atomic E-state index is 12.7. The number of halogens is 2. The van der Waals surface area contributed by atoms with Gasteiger partial charge in [0.25, 0.3) is 5.91 Å². The molecule has 0 radical (unpaired) electrons. The standard InChI is InChI=1S/C28H32Cl2N4O3/c29-24-7-4-8-25(30)23(24)18-37-26-14-21(15-32-27(26)31)28(36)33-16-22(35)17-34-11-9-20(10-12-34)13-19-5-2-1-3-6-19/h1-8,14-15,20,22,35H,9-13,16-18H2,(H2,31,32)(H,33,36). The number of β-amino-alcohol motifs (C(OH)–C–C–N with tert-alkyl or cyclic N) is 1. The Hall–Kier alpha value is -2.84. The number of aromatic nitrogens is 1. The van der Waals surface area contributed by atoms with Crippen LogP contribution in [0.15, 0.2) is 60.8 Å². The third-order valence-electron chi connectivity index (χ3n) is 6.62. The summed E-state index contributed by atoms with van der Waals surface area (Å²) in [6.45, 7) is 2.63. The second-order valence-corrected chi connectivity index (χ2v) is 10.2. The van der Waals surface area contributed by atoms with Crippen LogP contribution in [0, 0.1) is 5.92 Å². The Labute approximate surface area is 227 Å². The molecular formula is C28H32Cl2N4O3. The van der Waals surface area contributed by atoms with Gasteiger partial charge in [-0.25, -0.2) is 4.98 Å². The van der Waals surface area contributed by atoms with Gasteiger partial charge in [-0.1, -0.05) is 59.6 Å². The van der Waals surface area contributed by atoms with Crippen molar-refractivity contribution in [2.45, 2.75) is 32.0 Å². The number of nitrogens with two attached hydrogens (primary N) is 1. The number of carbonyl (C=O) groups is 1. The first kappa shape index (κ1) is 27.2. The molecule has 9 heteroatoms. The minimum atomic E-state index is -0.672. The highest BCUT2D eigenvalue weighted by atomic mass is 35.5. The van der Waals surface area contributed by atoms with Crippen LogP contribution in [0.5, 0.6) is 5.75 Å². The van der Waals surface area contributed by atoms with E-state index in [0.717, 1.165) is 32.4 Å². The number of nitrogens with one attached hydrogen (secondary N) is 1. The molecule has 37 heavy (non-hydrogen) atoms. The molecule has 0 aliphatic carbocycles. The smallest absolute Gasteiger partial charge is 0.253 e. The summed E-state index contributed by atoms with van der Waals surface area (Å²) in [7, 11) is 0. The number of likely N-dealkylation sites (tertiary alicyclic amines) is 1. The monoisotopic (exact) mass is 542 g/mol. The maximum Gasteiger partial charge on any atom is 0.253 e. The van der Waals surface area contributed by atoms with Gasteiger partial charge in [-0.3, -0.25) is 4.79 Å². The summed E-state index contributed by atoms with van der Waals surface area (Å²) in [5.41, 5.74) is 8.21. The van der Waals surface area contributed by atoms with Crippen molar-refractivity contribution in [1.29, 1.82) is 0 Å². The van der Waals surface area contributed by atoms with Gasteiger partial charge in [0.05, 0.1) is 11.7 Å². The van der Waals surface area contributed by atoms with Gasteiger partial charge in [0.15, 0.2) is 11.6 Å². The normalized spacial score (nSPS) is 15.3. The molecule has 4 N–H and O–H groups in total. The van der Waals surface area contributed by atoms with Gasteiger partial charge in [-0.05, 0) is 62.0 Å². The minimum Gasteiger partial charge on any atom is -0.485 e. The van der Waals surface area contributed by atoms with E-state index in [2.05, 4.69) is 39.5 Å². The van der Waals surface area contributed by atoms with Gasteiger partial charge >= 0.3 is 0 Å². The quantitative estimate of drug-likeness (QED) is 0.346. The second kappa shape index (κ2) is 13.1. The molecule has 4 rings (SSSR count). The van der Waals surface area contributed by atoms with Crippen LogP contribution in [0.1, 0.15) is 34.3 Å². The highest BCUT2D eigenvalue weighted by Crippen LogP contribution is 2.28. The lowest BCUT2D eigenvalue weighted by atomic mass is 9.90. The number of aliphatic hydroxyl groups is 1. The number of anilines is 1. The van der Waals surface area contributed by atoms with Crippen LogP contribution in [-0.4, -0.2) is 53.2 Å². The number of hydrogen-bond donors (Lipinski definition) is 3. The molecule has 1 amide bonds. The lowest BCUT2D eigenvalue weighted by molar-refractivity contribution is 0.0784. The van der Waals surface area contributed by atoms with E-state index in [0.29, 0.717) is 28.1 Å². The average molecular weight is 543 g/mol. The molecule has 2 aromatic carbocycles. The number of piperidine rings is 1. The molecule has 1 aliphatic heterocycles. The van der Waals surface area contributed by atoms with Crippen LogP contribution >= 0.6 is 23.2 Å². The zero-order valence-electron chi connectivity index (χ0n) is 20.6. The largest absolute Gasteiger partial charge is 0.485 e. The van der Waals surface area contributed by atoms with Gasteiger partial charge < -0.3 is 25.8 Å². The number of nitrogen functional groups attached to an aromatic ring is 1. The molecule has 1 fully saturated rings. The Balaban J connectivity index is 1.22. The summed E-state index contributed by atoms with van der Waals surface area (Å²) in [6.07, 6.45) is 4.01. The van der Waals surface area contributed by atoms with Crippen molar-refractivity contribution in [3.05, 3.63) is 87.5 Å². The van der Waals surface area contributed by atoms with Crippen LogP contribution < -0.4 is 15.8 Å². The second-order valence-electron chi connectivity index (χ2n) is 9.39. The first-order valence-electron chi connectivity index (χ1n) is 12.4. The highest BCUT2D eigenvalue weighted by molar-refractivity contribution is 6.35. The lowest BCUT2D eigenvalue weighted by Crippen LogP contribution is -2.43. The molecular weight excluding hydrogens is 511 g/mol. The summed E-state index contributed by atoms with van der Waals surface area (Å²) in [6, 6.07) is 17.3. The predicted molar refractivity (Wildman–Crippen MR) is 147 cm³/mol. The molecule has 7 nitrogen and oxygen atoms in total. The number of amides is 1. The Morgan fingerprint density at radius 2 is 1.84 bits per heavy atom. The third-order valence-corrected chi connectivity index (χ3v) is 7.33. The third kappa shape index (κ3) is 7.82. The van der Waals surface area contributed by atoms with E-state index < -0.39 is 6.10 Å². The zero-order chi connectivity index (χ0) is 26.2. The maximum atomic E-state index is 12.7. The van der Waals surface area contributed by atoms with Gasteiger partial charge in [-0.2, -0.15) is 0 Å². The summed E-state index contributed by atoms with van der Waals surface area (Å²) in [5, 5.41) is 14.2. The zero-order valence-corrected chi connectivity index (χ0v) is 22.1. The predicted octanol–water partition coefficient (Wildman–Crippen LogP) is 4.60. The van der Waals surface area contributed by atoms with Crippen LogP contribution in [0.25, 0.3) is 0 Å². The molecule has 2 heterocycles. The summed E-state index contributed by atoms with van der Waals surface area (Å²) in [4.78, 5) is 19.0. The fraction of sp³-hybridized carbons (Fsp3) is 0.357. The number of pyridine rings is 1. The number of nitrogens with zero attached hydrogens (tertiary/aromatic N) is 2. The van der Waals surface area contributed by atoms with Crippen molar-refractivity contribution in [1.82, 2.24) is 15.2 Å². The molecule has 1 atom stereocenters. The van der Waals surface area contributed by atoms with Crippen molar-refractivity contribution < 1.29 is 14.6 Å².